The van der Waals surface area contributed by atoms with Crippen molar-refractivity contribution in [1.29, 1.82) is 0 Å². The molecule has 1 aromatic carbocycles. The molecular formula is C23H37N4O3+. The van der Waals surface area contributed by atoms with Gasteiger partial charge in [0.25, 0.3) is 11.8 Å². The number of rotatable bonds is 7. The van der Waals surface area contributed by atoms with Gasteiger partial charge in [-0.25, -0.2) is 0 Å². The topological polar surface area (TPSA) is 66.3 Å². The molecule has 7 nitrogen and oxygen atoms in total. The van der Waals surface area contributed by atoms with Crippen molar-refractivity contribution >= 4 is 23.2 Å². The number of carbonyl (C=O) groups excluding carboxylic acids is 2. The van der Waals surface area contributed by atoms with Crippen molar-refractivity contribution in [1.82, 2.24) is 4.90 Å². The van der Waals surface area contributed by atoms with Crippen LogP contribution in [0.2, 0.25) is 0 Å². The van der Waals surface area contributed by atoms with Gasteiger partial charge in [-0.2, -0.15) is 0 Å². The molecule has 1 aliphatic carbocycles. The Morgan fingerprint density at radius 3 is 2.43 bits per heavy atom. The number of morpholine rings is 1. The van der Waals surface area contributed by atoms with Gasteiger partial charge in [-0.1, -0.05) is 19.3 Å². The number of hydrogen-bond acceptors (Lipinski definition) is 4. The van der Waals surface area contributed by atoms with Crippen molar-refractivity contribution in [2.24, 2.45) is 0 Å². The number of quaternary nitrogens is 1. The van der Waals surface area contributed by atoms with E-state index in [1.165, 1.54) is 19.3 Å². The second kappa shape index (κ2) is 10.8. The van der Waals surface area contributed by atoms with Gasteiger partial charge >= 0.3 is 0 Å². The molecule has 0 spiro atoms. The predicted molar refractivity (Wildman–Crippen MR) is 119 cm³/mol. The van der Waals surface area contributed by atoms with E-state index in [2.05, 4.69) is 10.2 Å². The normalized spacial score (nSPS) is 19.8. The van der Waals surface area contributed by atoms with Crippen LogP contribution in [0.4, 0.5) is 11.4 Å². The lowest BCUT2D eigenvalue weighted by Gasteiger charge is -2.33. The molecule has 3 rings (SSSR count). The van der Waals surface area contributed by atoms with Crippen LogP contribution in [-0.4, -0.2) is 75.7 Å². The van der Waals surface area contributed by atoms with Crippen LogP contribution in [0.3, 0.4) is 0 Å². The van der Waals surface area contributed by atoms with E-state index in [1.54, 1.807) is 0 Å². The molecule has 1 heterocycles. The van der Waals surface area contributed by atoms with E-state index in [9.17, 15) is 9.59 Å². The summed E-state index contributed by atoms with van der Waals surface area (Å²) in [5.41, 5.74) is 1.92. The van der Waals surface area contributed by atoms with Crippen molar-refractivity contribution in [3.63, 3.8) is 0 Å². The molecular weight excluding hydrogens is 380 g/mol. The maximum Gasteiger partial charge on any atom is 0.280 e. The minimum atomic E-state index is -0.244. The Morgan fingerprint density at radius 1 is 1.17 bits per heavy atom. The van der Waals surface area contributed by atoms with Crippen molar-refractivity contribution in [3.8, 4) is 0 Å². The fraction of sp³-hybridized carbons (Fsp3) is 0.652. The van der Waals surface area contributed by atoms with Gasteiger partial charge < -0.3 is 24.8 Å². The summed E-state index contributed by atoms with van der Waals surface area (Å²) >= 11 is 0. The number of nitrogens with zero attached hydrogens (tertiary/aromatic N) is 2. The first kappa shape index (κ1) is 22.6. The quantitative estimate of drug-likeness (QED) is 0.699. The van der Waals surface area contributed by atoms with Crippen molar-refractivity contribution in [2.75, 3.05) is 57.2 Å². The van der Waals surface area contributed by atoms with Crippen molar-refractivity contribution in [2.45, 2.75) is 51.1 Å². The maximum absolute atomic E-state index is 12.9. The molecule has 2 fully saturated rings. The second-order valence-electron chi connectivity index (χ2n) is 8.68. The Labute approximate surface area is 180 Å². The first-order chi connectivity index (χ1) is 14.5. The van der Waals surface area contributed by atoms with Crippen LogP contribution in [0.5, 0.6) is 0 Å². The average Bonchev–Trinajstić information content (AvgIpc) is 2.79. The van der Waals surface area contributed by atoms with E-state index < -0.39 is 0 Å². The van der Waals surface area contributed by atoms with Crippen LogP contribution < -0.4 is 15.1 Å². The van der Waals surface area contributed by atoms with Crippen LogP contribution in [-0.2, 0) is 14.3 Å². The van der Waals surface area contributed by atoms with Crippen LogP contribution in [0.15, 0.2) is 24.3 Å². The Bertz CT molecular complexity index is 697. The van der Waals surface area contributed by atoms with Gasteiger partial charge in [0.1, 0.15) is 0 Å². The number of ether oxygens (including phenoxy) is 1. The number of carbonyl (C=O) groups is 2. The lowest BCUT2D eigenvalue weighted by atomic mass is 9.94. The zero-order valence-corrected chi connectivity index (χ0v) is 18.7. The van der Waals surface area contributed by atoms with Crippen LogP contribution in [0.25, 0.3) is 0 Å². The summed E-state index contributed by atoms with van der Waals surface area (Å²) in [7, 11) is 3.83. The van der Waals surface area contributed by atoms with Crippen molar-refractivity contribution in [3.05, 3.63) is 24.3 Å². The summed E-state index contributed by atoms with van der Waals surface area (Å²) in [4.78, 5) is 30.5. The van der Waals surface area contributed by atoms with E-state index in [0.717, 1.165) is 55.4 Å². The first-order valence-electron chi connectivity index (χ1n) is 11.3. The fourth-order valence-corrected chi connectivity index (χ4v) is 4.35. The van der Waals surface area contributed by atoms with Gasteiger partial charge in [-0.15, -0.1) is 0 Å². The zero-order valence-electron chi connectivity index (χ0n) is 18.7. The van der Waals surface area contributed by atoms with Crippen LogP contribution in [0.1, 0.15) is 39.0 Å². The molecule has 1 saturated carbocycles. The smallest absolute Gasteiger partial charge is 0.280 e. The molecule has 2 amide bonds. The minimum absolute atomic E-state index is 0.0772. The second-order valence-corrected chi connectivity index (χ2v) is 8.68. The average molecular weight is 418 g/mol. The third-order valence-electron chi connectivity index (χ3n) is 6.55. The highest BCUT2D eigenvalue weighted by atomic mass is 16.5. The van der Waals surface area contributed by atoms with Gasteiger partial charge in [-0.3, -0.25) is 9.59 Å². The largest absolute Gasteiger partial charge is 0.378 e. The van der Waals surface area contributed by atoms with E-state index in [1.807, 2.05) is 50.2 Å². The number of nitrogens with one attached hydrogen (secondary N) is 2. The predicted octanol–water partition coefficient (Wildman–Crippen LogP) is 1.16. The Balaban J connectivity index is 1.47. The Kier molecular flexibility index (Phi) is 8.10. The van der Waals surface area contributed by atoms with Gasteiger partial charge in [0.2, 0.25) is 0 Å². The Morgan fingerprint density at radius 2 is 1.80 bits per heavy atom. The summed E-state index contributed by atoms with van der Waals surface area (Å²) in [5.74, 6) is 0.0497. The summed E-state index contributed by atoms with van der Waals surface area (Å²) < 4.78 is 5.39. The molecule has 30 heavy (non-hydrogen) atoms. The van der Waals surface area contributed by atoms with Gasteiger partial charge in [0, 0.05) is 37.6 Å². The molecule has 0 aromatic heterocycles. The molecule has 2 atom stereocenters. The van der Waals surface area contributed by atoms with Crippen LogP contribution in [0, 0.1) is 0 Å². The number of likely N-dealkylation sites (N-methyl/N-ethyl adjacent to an activating group) is 2. The number of anilines is 2. The van der Waals surface area contributed by atoms with E-state index >= 15 is 0 Å². The number of benzene rings is 1. The van der Waals surface area contributed by atoms with E-state index in [-0.39, 0.29) is 24.4 Å². The SMILES string of the molecule is C[C@@H](C(=O)N(C)C1CCCCC1)[NH+](C)CC(=O)Nc1ccc(N2CCOCC2)cc1. The molecule has 1 aromatic rings. The maximum atomic E-state index is 12.9. The van der Waals surface area contributed by atoms with Crippen molar-refractivity contribution < 1.29 is 19.2 Å². The lowest BCUT2D eigenvalue weighted by Crippen LogP contribution is -3.15. The van der Waals surface area contributed by atoms with E-state index in [0.29, 0.717) is 6.04 Å². The summed E-state index contributed by atoms with van der Waals surface area (Å²) in [6, 6.07) is 8.03. The van der Waals surface area contributed by atoms with E-state index in [4.69, 9.17) is 4.74 Å². The zero-order chi connectivity index (χ0) is 21.5. The molecule has 0 radical (unpaired) electrons. The fourth-order valence-electron chi connectivity index (χ4n) is 4.35. The first-order valence-corrected chi connectivity index (χ1v) is 11.3. The number of amides is 2. The Hall–Kier alpha value is -2.12. The van der Waals surface area contributed by atoms with Crippen LogP contribution >= 0.6 is 0 Å². The summed E-state index contributed by atoms with van der Waals surface area (Å²) in [6.45, 7) is 5.46. The monoisotopic (exact) mass is 417 g/mol. The van der Waals surface area contributed by atoms with Gasteiger partial charge in [0.05, 0.1) is 20.3 Å². The molecule has 1 unspecified atom stereocenters. The third kappa shape index (κ3) is 5.95. The molecule has 7 heteroatoms. The highest BCUT2D eigenvalue weighted by Gasteiger charge is 2.30. The molecule has 2 N–H and O–H groups in total. The van der Waals surface area contributed by atoms with Gasteiger partial charge in [0.15, 0.2) is 12.6 Å². The highest BCUT2D eigenvalue weighted by Crippen LogP contribution is 2.22. The molecule has 2 aliphatic rings. The molecule has 1 saturated heterocycles. The summed E-state index contributed by atoms with van der Waals surface area (Å²) in [5, 5.41) is 2.96. The minimum Gasteiger partial charge on any atom is -0.378 e. The lowest BCUT2D eigenvalue weighted by molar-refractivity contribution is -0.886. The molecule has 1 aliphatic heterocycles. The summed E-state index contributed by atoms with van der Waals surface area (Å²) in [6.07, 6.45) is 5.86. The van der Waals surface area contributed by atoms with Gasteiger partial charge in [-0.05, 0) is 44.0 Å². The highest BCUT2D eigenvalue weighted by molar-refractivity contribution is 5.91. The molecule has 166 valence electrons. The third-order valence-corrected chi connectivity index (χ3v) is 6.55. The standard InChI is InChI=1S/C23H36N4O3/c1-18(23(29)26(3)20-7-5-4-6-8-20)25(2)17-22(28)24-19-9-11-21(12-10-19)27-13-15-30-16-14-27/h9-12,18,20H,4-8,13-17H2,1-3H3,(H,24,28)/p+1/t18-/m0/s1. The molecule has 0 bridgehead atoms. The number of hydrogen-bond donors (Lipinski definition) is 2.